The van der Waals surface area contributed by atoms with E-state index in [4.69, 9.17) is 9.47 Å². The predicted molar refractivity (Wildman–Crippen MR) is 85.8 cm³/mol. The Hall–Kier alpha value is -0.940. The zero-order valence-electron chi connectivity index (χ0n) is 13.6. The lowest BCUT2D eigenvalue weighted by Crippen LogP contribution is -2.44. The van der Waals surface area contributed by atoms with Crippen molar-refractivity contribution in [3.63, 3.8) is 0 Å². The van der Waals surface area contributed by atoms with Crippen LogP contribution < -0.4 is 5.32 Å². The molecule has 3 atom stereocenters. The molecule has 1 saturated heterocycles. The van der Waals surface area contributed by atoms with Gasteiger partial charge in [0.25, 0.3) is 0 Å². The van der Waals surface area contributed by atoms with Gasteiger partial charge in [-0.2, -0.15) is 0 Å². The van der Waals surface area contributed by atoms with Crippen LogP contribution in [0.25, 0.3) is 0 Å². The molecule has 118 valence electrons. The van der Waals surface area contributed by atoms with E-state index in [-0.39, 0.29) is 17.6 Å². The van der Waals surface area contributed by atoms with Crippen LogP contribution in [0.1, 0.15) is 12.5 Å². The average molecular weight is 292 g/mol. The van der Waals surface area contributed by atoms with Crippen molar-refractivity contribution in [1.29, 1.82) is 0 Å². The maximum atomic E-state index is 5.54. The van der Waals surface area contributed by atoms with Crippen molar-refractivity contribution in [2.24, 2.45) is 0 Å². The lowest BCUT2D eigenvalue weighted by molar-refractivity contribution is -0.00461. The molecule has 4 heteroatoms. The van der Waals surface area contributed by atoms with Gasteiger partial charge in [0, 0.05) is 45.8 Å². The van der Waals surface area contributed by atoms with E-state index in [1.807, 2.05) is 7.05 Å². The second-order valence-electron chi connectivity index (χ2n) is 6.20. The van der Waals surface area contributed by atoms with Crippen LogP contribution in [0, 0.1) is 0 Å². The van der Waals surface area contributed by atoms with Gasteiger partial charge < -0.3 is 14.8 Å². The first-order chi connectivity index (χ1) is 10.1. The zero-order valence-corrected chi connectivity index (χ0v) is 13.6. The molecule has 1 heterocycles. The molecule has 0 aromatic heterocycles. The van der Waals surface area contributed by atoms with Crippen molar-refractivity contribution in [3.8, 4) is 0 Å². The molecule has 1 aliphatic rings. The summed E-state index contributed by atoms with van der Waals surface area (Å²) >= 11 is 0. The van der Waals surface area contributed by atoms with E-state index >= 15 is 0 Å². The molecule has 0 amide bonds. The maximum absolute atomic E-state index is 5.54. The first kappa shape index (κ1) is 16.4. The number of methoxy groups -OCH3 is 2. The Bertz CT molecular complexity index is 414. The van der Waals surface area contributed by atoms with Crippen LogP contribution in [0.4, 0.5) is 0 Å². The number of nitrogens with one attached hydrogen (secondary N) is 1. The van der Waals surface area contributed by atoms with Gasteiger partial charge in [-0.1, -0.05) is 37.3 Å². The Morgan fingerprint density at radius 2 is 1.71 bits per heavy atom. The Labute approximate surface area is 128 Å². The first-order valence-corrected chi connectivity index (χ1v) is 7.61. The Kier molecular flexibility index (Phi) is 5.76. The molecule has 0 radical (unpaired) electrons. The van der Waals surface area contributed by atoms with E-state index in [0.29, 0.717) is 0 Å². The molecule has 1 aromatic carbocycles. The topological polar surface area (TPSA) is 33.7 Å². The minimum atomic E-state index is 0.0803. The highest BCUT2D eigenvalue weighted by Gasteiger charge is 2.37. The van der Waals surface area contributed by atoms with E-state index in [9.17, 15) is 0 Å². The number of benzene rings is 1. The third kappa shape index (κ3) is 3.83. The number of likely N-dealkylation sites (tertiary alicyclic amines) is 1. The van der Waals surface area contributed by atoms with Crippen molar-refractivity contribution in [1.82, 2.24) is 10.2 Å². The largest absolute Gasteiger partial charge is 0.377 e. The number of ether oxygens (including phenoxy) is 2. The third-order valence-corrected chi connectivity index (χ3v) is 4.51. The van der Waals surface area contributed by atoms with Gasteiger partial charge in [0.15, 0.2) is 0 Å². The van der Waals surface area contributed by atoms with Gasteiger partial charge in [-0.05, 0) is 12.6 Å². The fourth-order valence-electron chi connectivity index (χ4n) is 3.37. The molecular weight excluding hydrogens is 264 g/mol. The van der Waals surface area contributed by atoms with Crippen molar-refractivity contribution in [2.75, 3.05) is 47.4 Å². The second kappa shape index (κ2) is 7.36. The number of rotatable bonds is 7. The molecular formula is C17H28N2O2. The summed E-state index contributed by atoms with van der Waals surface area (Å²) in [7, 11) is 5.55. The van der Waals surface area contributed by atoms with Crippen LogP contribution in [-0.4, -0.2) is 64.6 Å². The minimum absolute atomic E-state index is 0.0803. The highest BCUT2D eigenvalue weighted by molar-refractivity contribution is 5.26. The van der Waals surface area contributed by atoms with Gasteiger partial charge in [-0.15, -0.1) is 0 Å². The van der Waals surface area contributed by atoms with Crippen LogP contribution in [0.2, 0.25) is 0 Å². The molecule has 0 spiro atoms. The lowest BCUT2D eigenvalue weighted by Gasteiger charge is -2.34. The van der Waals surface area contributed by atoms with Crippen molar-refractivity contribution in [3.05, 3.63) is 35.9 Å². The molecule has 21 heavy (non-hydrogen) atoms. The fourth-order valence-corrected chi connectivity index (χ4v) is 3.37. The molecule has 1 fully saturated rings. The summed E-state index contributed by atoms with van der Waals surface area (Å²) in [5.41, 5.74) is 1.45. The van der Waals surface area contributed by atoms with E-state index in [1.54, 1.807) is 14.2 Å². The van der Waals surface area contributed by atoms with Gasteiger partial charge in [-0.25, -0.2) is 0 Å². The number of nitrogens with zero attached hydrogens (tertiary/aromatic N) is 1. The van der Waals surface area contributed by atoms with E-state index in [2.05, 4.69) is 47.5 Å². The molecule has 0 saturated carbocycles. The molecule has 0 bridgehead atoms. The van der Waals surface area contributed by atoms with E-state index in [1.165, 1.54) is 5.56 Å². The SMILES string of the molecule is CNCC(C)(CN1CC(OC)C(OC)C1)c1ccccc1. The lowest BCUT2D eigenvalue weighted by atomic mass is 9.82. The summed E-state index contributed by atoms with van der Waals surface area (Å²) in [5.74, 6) is 0. The molecule has 1 aromatic rings. The fraction of sp³-hybridized carbons (Fsp3) is 0.647. The molecule has 4 nitrogen and oxygen atoms in total. The Balaban J connectivity index is 2.10. The number of likely N-dealkylation sites (N-methyl/N-ethyl adjacent to an activating group) is 1. The first-order valence-electron chi connectivity index (χ1n) is 7.61. The van der Waals surface area contributed by atoms with Gasteiger partial charge in [0.1, 0.15) is 0 Å². The van der Waals surface area contributed by atoms with Gasteiger partial charge in [-0.3, -0.25) is 4.90 Å². The van der Waals surface area contributed by atoms with Crippen LogP contribution in [0.5, 0.6) is 0 Å². The number of hydrogen-bond acceptors (Lipinski definition) is 4. The molecule has 2 rings (SSSR count). The number of hydrogen-bond donors (Lipinski definition) is 1. The standard InChI is InChI=1S/C17H28N2O2/c1-17(12-18-2,14-8-6-5-7-9-14)13-19-10-15(20-3)16(11-19)21-4/h5-9,15-16,18H,10-13H2,1-4H3. The van der Waals surface area contributed by atoms with Crippen LogP contribution in [-0.2, 0) is 14.9 Å². The average Bonchev–Trinajstić information content (AvgIpc) is 2.90. The third-order valence-electron chi connectivity index (χ3n) is 4.51. The summed E-state index contributed by atoms with van der Waals surface area (Å²) in [5, 5.41) is 3.34. The van der Waals surface area contributed by atoms with E-state index in [0.717, 1.165) is 26.2 Å². The summed E-state index contributed by atoms with van der Waals surface area (Å²) in [6, 6.07) is 10.7. The Morgan fingerprint density at radius 3 is 2.19 bits per heavy atom. The minimum Gasteiger partial charge on any atom is -0.377 e. The summed E-state index contributed by atoms with van der Waals surface area (Å²) < 4.78 is 11.1. The summed E-state index contributed by atoms with van der Waals surface area (Å²) in [6.07, 6.45) is 0.342. The quantitative estimate of drug-likeness (QED) is 0.826. The Morgan fingerprint density at radius 1 is 1.14 bits per heavy atom. The highest BCUT2D eigenvalue weighted by atomic mass is 16.5. The van der Waals surface area contributed by atoms with Gasteiger partial charge in [0.2, 0.25) is 0 Å². The van der Waals surface area contributed by atoms with Crippen molar-refractivity contribution < 1.29 is 9.47 Å². The van der Waals surface area contributed by atoms with Crippen molar-refractivity contribution in [2.45, 2.75) is 24.5 Å². The summed E-state index contributed by atoms with van der Waals surface area (Å²) in [6.45, 7) is 6.13. The molecule has 3 unspecified atom stereocenters. The smallest absolute Gasteiger partial charge is 0.0971 e. The second-order valence-corrected chi connectivity index (χ2v) is 6.20. The molecule has 1 aliphatic heterocycles. The van der Waals surface area contributed by atoms with Crippen LogP contribution in [0.15, 0.2) is 30.3 Å². The van der Waals surface area contributed by atoms with Crippen LogP contribution in [0.3, 0.4) is 0 Å². The predicted octanol–water partition coefficient (Wildman–Crippen LogP) is 1.51. The van der Waals surface area contributed by atoms with Crippen LogP contribution >= 0.6 is 0 Å². The van der Waals surface area contributed by atoms with Gasteiger partial charge in [0.05, 0.1) is 12.2 Å². The molecule has 0 aliphatic carbocycles. The molecule has 1 N–H and O–H groups in total. The van der Waals surface area contributed by atoms with Gasteiger partial charge >= 0.3 is 0 Å². The normalized spacial score (nSPS) is 25.9. The highest BCUT2D eigenvalue weighted by Crippen LogP contribution is 2.27. The monoisotopic (exact) mass is 292 g/mol. The summed E-state index contributed by atoms with van der Waals surface area (Å²) in [4.78, 5) is 2.45. The van der Waals surface area contributed by atoms with Crippen molar-refractivity contribution >= 4 is 0 Å². The maximum Gasteiger partial charge on any atom is 0.0971 e. The van der Waals surface area contributed by atoms with E-state index < -0.39 is 0 Å². The zero-order chi connectivity index (χ0) is 15.3.